The van der Waals surface area contributed by atoms with Gasteiger partial charge in [-0.25, -0.2) is 9.78 Å². The van der Waals surface area contributed by atoms with Gasteiger partial charge in [0.05, 0.1) is 25.3 Å². The molecule has 0 amide bonds. The summed E-state index contributed by atoms with van der Waals surface area (Å²) in [4.78, 5) is 34.4. The number of nitrogen functional groups attached to an aromatic ring is 2. The van der Waals surface area contributed by atoms with Crippen molar-refractivity contribution in [1.82, 2.24) is 14.5 Å². The Kier molecular flexibility index (Phi) is 9.00. The molecule has 10 nitrogen and oxygen atoms in total. The van der Waals surface area contributed by atoms with Gasteiger partial charge in [-0.1, -0.05) is 42.2 Å². The topological polar surface area (TPSA) is 145 Å². The number of pyridine rings is 1. The summed E-state index contributed by atoms with van der Waals surface area (Å²) < 4.78 is 18.5. The van der Waals surface area contributed by atoms with E-state index in [1.807, 2.05) is 49.4 Å². The van der Waals surface area contributed by atoms with Crippen LogP contribution < -0.4 is 26.4 Å². The number of esters is 1. The van der Waals surface area contributed by atoms with Crippen LogP contribution in [-0.4, -0.2) is 40.8 Å². The number of fused-ring (bicyclic) bond motifs is 1. The molecular formula is C35H33N5O5. The van der Waals surface area contributed by atoms with E-state index in [4.69, 9.17) is 25.7 Å². The Morgan fingerprint density at radius 1 is 1.00 bits per heavy atom. The molecule has 0 saturated carbocycles. The number of nitrogens with two attached hydrogens (primary N) is 2. The Labute approximate surface area is 260 Å². The number of rotatable bonds is 8. The molecule has 0 saturated heterocycles. The number of nitrogens with zero attached hydrogens (tertiary/aromatic N) is 3. The summed E-state index contributed by atoms with van der Waals surface area (Å²) in [6.45, 7) is 1.81. The van der Waals surface area contributed by atoms with Crippen LogP contribution in [0.5, 0.6) is 11.5 Å². The van der Waals surface area contributed by atoms with Crippen molar-refractivity contribution in [2.75, 3.05) is 25.7 Å². The molecule has 0 bridgehead atoms. The lowest BCUT2D eigenvalue weighted by molar-refractivity contribution is 0.0341. The van der Waals surface area contributed by atoms with E-state index >= 15 is 0 Å². The monoisotopic (exact) mass is 603 g/mol. The summed E-state index contributed by atoms with van der Waals surface area (Å²) in [7, 11) is 4.87. The van der Waals surface area contributed by atoms with Gasteiger partial charge in [0.25, 0.3) is 0 Å². The number of ether oxygens (including phenoxy) is 3. The van der Waals surface area contributed by atoms with Crippen molar-refractivity contribution in [3.05, 3.63) is 117 Å². The zero-order valence-corrected chi connectivity index (χ0v) is 25.5. The molecule has 228 valence electrons. The number of aromatic nitrogens is 3. The number of carbonyl (C=O) groups excluding carboxylic acids is 1. The second-order valence-corrected chi connectivity index (χ2v) is 10.6. The zero-order chi connectivity index (χ0) is 32.1. The number of aryl methyl sites for hydroxylation is 1. The molecule has 10 heteroatoms. The molecule has 0 fully saturated rings. The Hall–Kier alpha value is -5.82. The van der Waals surface area contributed by atoms with Gasteiger partial charge in [-0.15, -0.1) is 0 Å². The van der Waals surface area contributed by atoms with Crippen LogP contribution in [0.3, 0.4) is 0 Å². The van der Waals surface area contributed by atoms with Crippen LogP contribution in [0, 0.1) is 11.8 Å². The minimum Gasteiger partial charge on any atom is -0.493 e. The van der Waals surface area contributed by atoms with Crippen LogP contribution in [0.2, 0.25) is 0 Å². The lowest BCUT2D eigenvalue weighted by Crippen LogP contribution is -2.24. The van der Waals surface area contributed by atoms with Crippen molar-refractivity contribution in [2.24, 2.45) is 7.05 Å². The number of anilines is 2. The zero-order valence-electron chi connectivity index (χ0n) is 25.5. The lowest BCUT2D eigenvalue weighted by Gasteiger charge is -2.14. The first-order chi connectivity index (χ1) is 21.7. The van der Waals surface area contributed by atoms with Crippen molar-refractivity contribution in [1.29, 1.82) is 0 Å². The maximum absolute atomic E-state index is 13.3. The first-order valence-electron chi connectivity index (χ1n) is 14.2. The van der Waals surface area contributed by atoms with Gasteiger partial charge in [-0.05, 0) is 48.4 Å². The highest BCUT2D eigenvalue weighted by Gasteiger charge is 2.19. The average molecular weight is 604 g/mol. The molecule has 45 heavy (non-hydrogen) atoms. The van der Waals surface area contributed by atoms with Gasteiger partial charge >= 0.3 is 5.97 Å². The van der Waals surface area contributed by atoms with Crippen LogP contribution in [-0.2, 0) is 24.6 Å². The van der Waals surface area contributed by atoms with Crippen molar-refractivity contribution >= 4 is 28.6 Å². The molecule has 3 aromatic carbocycles. The third-order valence-corrected chi connectivity index (χ3v) is 7.28. The van der Waals surface area contributed by atoms with Crippen LogP contribution in [0.25, 0.3) is 10.9 Å². The van der Waals surface area contributed by atoms with Gasteiger partial charge in [0.2, 0.25) is 11.4 Å². The van der Waals surface area contributed by atoms with Gasteiger partial charge < -0.3 is 30.2 Å². The fourth-order valence-corrected chi connectivity index (χ4v) is 5.09. The molecule has 0 aliphatic rings. The molecule has 2 heterocycles. The molecular weight excluding hydrogens is 570 g/mol. The molecule has 4 N–H and O–H groups in total. The van der Waals surface area contributed by atoms with Crippen LogP contribution >= 0.6 is 0 Å². The standard InChI is InChI=1S/C35H33N5O5/c1-21(14-22-8-6-5-7-9-22)45-34(42)28-20-40(2)29-17-23(11-13-27(29)31(28)41)10-12-25-15-24(18-30(43-3)32(25)44-4)16-26-19-38-35(37)39-33(26)36/h5-9,11,13,15,17-21H,14,16H2,1-4H3,(H4,36,37,38,39). The summed E-state index contributed by atoms with van der Waals surface area (Å²) in [5.74, 6) is 7.07. The van der Waals surface area contributed by atoms with E-state index in [2.05, 4.69) is 21.8 Å². The number of methoxy groups -OCH3 is 2. The maximum atomic E-state index is 13.3. The van der Waals surface area contributed by atoms with Crippen molar-refractivity contribution in [2.45, 2.75) is 25.9 Å². The van der Waals surface area contributed by atoms with E-state index in [9.17, 15) is 9.59 Å². The van der Waals surface area contributed by atoms with E-state index in [1.54, 1.807) is 50.2 Å². The quantitative estimate of drug-likeness (QED) is 0.196. The van der Waals surface area contributed by atoms with Gasteiger partial charge in [0, 0.05) is 48.8 Å². The SMILES string of the molecule is COc1cc(Cc2cnc(N)nc2N)cc(C#Cc2ccc3c(=O)c(C(=O)OC(C)Cc4ccccc4)cn(C)c3c2)c1OC. The third kappa shape index (κ3) is 6.89. The smallest absolute Gasteiger partial charge is 0.343 e. The Balaban J connectivity index is 1.43. The summed E-state index contributed by atoms with van der Waals surface area (Å²) in [6.07, 6.45) is 3.67. The molecule has 0 aliphatic heterocycles. The molecule has 2 aromatic heterocycles. The van der Waals surface area contributed by atoms with E-state index in [1.165, 1.54) is 6.20 Å². The van der Waals surface area contributed by atoms with Crippen molar-refractivity contribution in [3.8, 4) is 23.3 Å². The fraction of sp³-hybridized carbons (Fsp3) is 0.200. The normalized spacial score (nSPS) is 11.4. The molecule has 0 aliphatic carbocycles. The van der Waals surface area contributed by atoms with Crippen molar-refractivity contribution in [3.63, 3.8) is 0 Å². The van der Waals surface area contributed by atoms with E-state index in [0.29, 0.717) is 57.8 Å². The highest BCUT2D eigenvalue weighted by atomic mass is 16.5. The van der Waals surface area contributed by atoms with Gasteiger partial charge in [-0.3, -0.25) is 4.79 Å². The van der Waals surface area contributed by atoms with E-state index in [-0.39, 0.29) is 11.5 Å². The first kappa shape index (κ1) is 30.6. The van der Waals surface area contributed by atoms with Crippen LogP contribution in [0.4, 0.5) is 11.8 Å². The number of hydrogen-bond acceptors (Lipinski definition) is 9. The van der Waals surface area contributed by atoms with Crippen LogP contribution in [0.1, 0.15) is 45.1 Å². The largest absolute Gasteiger partial charge is 0.493 e. The average Bonchev–Trinajstić information content (AvgIpc) is 3.03. The fourth-order valence-electron chi connectivity index (χ4n) is 5.09. The molecule has 0 radical (unpaired) electrons. The van der Waals surface area contributed by atoms with E-state index < -0.39 is 17.5 Å². The Bertz CT molecular complexity index is 2010. The molecule has 5 aromatic rings. The minimum absolute atomic E-state index is 0.0236. The summed E-state index contributed by atoms with van der Waals surface area (Å²) in [5.41, 5.74) is 15.8. The third-order valence-electron chi connectivity index (χ3n) is 7.28. The Morgan fingerprint density at radius 2 is 1.78 bits per heavy atom. The maximum Gasteiger partial charge on any atom is 0.343 e. The van der Waals surface area contributed by atoms with Crippen molar-refractivity contribution < 1.29 is 19.0 Å². The predicted octanol–water partition coefficient (Wildman–Crippen LogP) is 4.29. The first-order valence-corrected chi connectivity index (χ1v) is 14.2. The molecule has 1 atom stereocenters. The number of benzene rings is 3. The number of hydrogen-bond donors (Lipinski definition) is 2. The summed E-state index contributed by atoms with van der Waals surface area (Å²) in [6, 6.07) is 18.7. The minimum atomic E-state index is -0.655. The number of carbonyl (C=O) groups is 1. The highest BCUT2D eigenvalue weighted by Crippen LogP contribution is 2.33. The van der Waals surface area contributed by atoms with E-state index in [0.717, 1.165) is 11.1 Å². The van der Waals surface area contributed by atoms with Crippen LogP contribution in [0.15, 0.2) is 77.9 Å². The molecule has 1 unspecified atom stereocenters. The molecule has 0 spiro atoms. The second-order valence-electron chi connectivity index (χ2n) is 10.6. The van der Waals surface area contributed by atoms with Gasteiger partial charge in [0.15, 0.2) is 11.5 Å². The summed E-state index contributed by atoms with van der Waals surface area (Å²) in [5, 5.41) is 0.387. The molecule has 5 rings (SSSR count). The summed E-state index contributed by atoms with van der Waals surface area (Å²) >= 11 is 0. The van der Waals surface area contributed by atoms with Gasteiger partial charge in [-0.2, -0.15) is 4.98 Å². The second kappa shape index (κ2) is 13.2. The highest BCUT2D eigenvalue weighted by molar-refractivity contribution is 5.94. The van der Waals surface area contributed by atoms with Gasteiger partial charge in [0.1, 0.15) is 17.5 Å². The predicted molar refractivity (Wildman–Crippen MR) is 173 cm³/mol. The Morgan fingerprint density at radius 3 is 2.49 bits per heavy atom. The lowest BCUT2D eigenvalue weighted by atomic mass is 10.0.